The van der Waals surface area contributed by atoms with Crippen LogP contribution in [0.5, 0.6) is 5.75 Å². The average molecular weight is 358 g/mol. The summed E-state index contributed by atoms with van der Waals surface area (Å²) in [5.74, 6) is 1.62. The van der Waals surface area contributed by atoms with Gasteiger partial charge in [0.15, 0.2) is 11.5 Å². The zero-order valence-corrected chi connectivity index (χ0v) is 15.1. The molecule has 2 heterocycles. The number of phenols is 1. The fourth-order valence-corrected chi connectivity index (χ4v) is 4.12. The molecule has 27 heavy (non-hydrogen) atoms. The average Bonchev–Trinajstić information content (AvgIpc) is 3.15. The Hall–Kier alpha value is -2.85. The maximum absolute atomic E-state index is 10.4. The van der Waals surface area contributed by atoms with Crippen LogP contribution in [0.25, 0.3) is 21.9 Å². The molecule has 1 aliphatic rings. The van der Waals surface area contributed by atoms with Gasteiger partial charge in [-0.2, -0.15) is 0 Å². The molecular formula is C23H22N2O2. The molecule has 1 aromatic heterocycles. The van der Waals surface area contributed by atoms with Crippen molar-refractivity contribution in [2.45, 2.75) is 25.3 Å². The van der Waals surface area contributed by atoms with Gasteiger partial charge in [-0.1, -0.05) is 42.5 Å². The van der Waals surface area contributed by atoms with Crippen molar-refractivity contribution in [3.05, 3.63) is 72.1 Å². The summed E-state index contributed by atoms with van der Waals surface area (Å²) >= 11 is 0. The molecule has 5 rings (SSSR count). The summed E-state index contributed by atoms with van der Waals surface area (Å²) in [7, 11) is 0. The van der Waals surface area contributed by atoms with Crippen LogP contribution in [0.15, 0.2) is 65.1 Å². The van der Waals surface area contributed by atoms with E-state index in [-0.39, 0.29) is 0 Å². The first-order valence-electron chi connectivity index (χ1n) is 9.55. The Morgan fingerprint density at radius 1 is 0.963 bits per heavy atom. The van der Waals surface area contributed by atoms with Crippen molar-refractivity contribution in [2.24, 2.45) is 0 Å². The van der Waals surface area contributed by atoms with E-state index in [0.717, 1.165) is 60.4 Å². The zero-order chi connectivity index (χ0) is 18.2. The van der Waals surface area contributed by atoms with Crippen LogP contribution in [0.2, 0.25) is 0 Å². The molecule has 0 radical (unpaired) electrons. The van der Waals surface area contributed by atoms with E-state index in [9.17, 15) is 5.11 Å². The Labute approximate surface area is 158 Å². The highest BCUT2D eigenvalue weighted by atomic mass is 16.3. The van der Waals surface area contributed by atoms with Crippen LogP contribution in [0.3, 0.4) is 0 Å². The second kappa shape index (κ2) is 6.71. The molecule has 0 aliphatic carbocycles. The molecule has 4 aromatic rings. The van der Waals surface area contributed by atoms with Gasteiger partial charge in [-0.05, 0) is 54.9 Å². The number of rotatable bonds is 3. The molecule has 0 spiro atoms. The van der Waals surface area contributed by atoms with E-state index in [1.807, 2.05) is 48.5 Å². The standard InChI is InChI=1S/C23H22N2O2/c26-21-10-9-16-5-1-2-6-18(16)19(21)15-25-13-11-17(12-14-25)23-24-20-7-3-4-8-22(20)27-23/h1-10,17,26H,11-15H2. The van der Waals surface area contributed by atoms with E-state index in [1.54, 1.807) is 0 Å². The molecule has 0 unspecified atom stereocenters. The first kappa shape index (κ1) is 16.3. The lowest BCUT2D eigenvalue weighted by atomic mass is 9.95. The minimum absolute atomic E-state index is 0.370. The first-order valence-corrected chi connectivity index (χ1v) is 9.55. The maximum Gasteiger partial charge on any atom is 0.198 e. The second-order valence-corrected chi connectivity index (χ2v) is 7.35. The van der Waals surface area contributed by atoms with Crippen LogP contribution in [-0.2, 0) is 6.54 Å². The SMILES string of the molecule is Oc1ccc2ccccc2c1CN1CCC(c2nc3ccccc3o2)CC1. The summed E-state index contributed by atoms with van der Waals surface area (Å²) < 4.78 is 5.97. The summed E-state index contributed by atoms with van der Waals surface area (Å²) in [5.41, 5.74) is 2.83. The predicted octanol–water partition coefficient (Wildman–Crippen LogP) is 5.07. The molecule has 0 amide bonds. The third-order valence-electron chi connectivity index (χ3n) is 5.64. The number of hydrogen-bond acceptors (Lipinski definition) is 4. The molecule has 1 aliphatic heterocycles. The maximum atomic E-state index is 10.4. The van der Waals surface area contributed by atoms with Crippen molar-refractivity contribution >= 4 is 21.9 Å². The molecule has 3 aromatic carbocycles. The van der Waals surface area contributed by atoms with Gasteiger partial charge in [0.05, 0.1) is 0 Å². The van der Waals surface area contributed by atoms with Crippen molar-refractivity contribution in [3.63, 3.8) is 0 Å². The van der Waals surface area contributed by atoms with Gasteiger partial charge in [0, 0.05) is 18.0 Å². The number of benzene rings is 3. The summed E-state index contributed by atoms with van der Waals surface area (Å²) in [6.07, 6.45) is 2.05. The second-order valence-electron chi connectivity index (χ2n) is 7.35. The fourth-order valence-electron chi connectivity index (χ4n) is 4.12. The number of aromatic nitrogens is 1. The highest BCUT2D eigenvalue weighted by Crippen LogP contribution is 2.33. The molecule has 1 N–H and O–H groups in total. The number of aromatic hydroxyl groups is 1. The smallest absolute Gasteiger partial charge is 0.198 e. The van der Waals surface area contributed by atoms with Crippen molar-refractivity contribution in [3.8, 4) is 5.75 Å². The summed E-state index contributed by atoms with van der Waals surface area (Å²) in [4.78, 5) is 7.09. The predicted molar refractivity (Wildman–Crippen MR) is 107 cm³/mol. The van der Waals surface area contributed by atoms with Gasteiger partial charge < -0.3 is 9.52 Å². The minimum Gasteiger partial charge on any atom is -0.508 e. The third-order valence-corrected chi connectivity index (χ3v) is 5.64. The van der Waals surface area contributed by atoms with Crippen molar-refractivity contribution in [1.29, 1.82) is 0 Å². The van der Waals surface area contributed by atoms with Crippen molar-refractivity contribution < 1.29 is 9.52 Å². The molecule has 0 bridgehead atoms. The molecule has 1 saturated heterocycles. The van der Waals surface area contributed by atoms with Crippen LogP contribution in [0.1, 0.15) is 30.2 Å². The molecule has 0 saturated carbocycles. The highest BCUT2D eigenvalue weighted by molar-refractivity contribution is 5.87. The number of piperidine rings is 1. The first-order chi connectivity index (χ1) is 13.3. The monoisotopic (exact) mass is 358 g/mol. The molecular weight excluding hydrogens is 336 g/mol. The third kappa shape index (κ3) is 3.06. The topological polar surface area (TPSA) is 49.5 Å². The van der Waals surface area contributed by atoms with E-state index in [2.05, 4.69) is 22.0 Å². The van der Waals surface area contributed by atoms with E-state index >= 15 is 0 Å². The Morgan fingerprint density at radius 3 is 2.59 bits per heavy atom. The molecule has 1 fully saturated rings. The highest BCUT2D eigenvalue weighted by Gasteiger charge is 2.25. The molecule has 0 atom stereocenters. The number of phenolic OH excluding ortho intramolecular Hbond substituents is 1. The molecule has 4 heteroatoms. The van der Waals surface area contributed by atoms with Gasteiger partial charge >= 0.3 is 0 Å². The van der Waals surface area contributed by atoms with Gasteiger partial charge in [0.25, 0.3) is 0 Å². The Morgan fingerprint density at radius 2 is 1.74 bits per heavy atom. The van der Waals surface area contributed by atoms with Crippen molar-refractivity contribution in [2.75, 3.05) is 13.1 Å². The summed E-state index contributed by atoms with van der Waals surface area (Å²) in [5, 5.41) is 12.7. The minimum atomic E-state index is 0.370. The van der Waals surface area contributed by atoms with Crippen LogP contribution >= 0.6 is 0 Å². The van der Waals surface area contributed by atoms with Gasteiger partial charge in [-0.25, -0.2) is 4.98 Å². The van der Waals surface area contributed by atoms with Gasteiger partial charge in [-0.15, -0.1) is 0 Å². The van der Waals surface area contributed by atoms with Gasteiger partial charge in [0.1, 0.15) is 11.3 Å². The fraction of sp³-hybridized carbons (Fsp3) is 0.261. The number of hydrogen-bond donors (Lipinski definition) is 1. The van der Waals surface area contributed by atoms with Crippen LogP contribution in [-0.4, -0.2) is 28.1 Å². The van der Waals surface area contributed by atoms with Gasteiger partial charge in [-0.3, -0.25) is 4.90 Å². The lowest BCUT2D eigenvalue weighted by Gasteiger charge is -2.31. The number of nitrogens with zero attached hydrogens (tertiary/aromatic N) is 2. The molecule has 4 nitrogen and oxygen atoms in total. The van der Waals surface area contributed by atoms with Crippen LogP contribution in [0, 0.1) is 0 Å². The van der Waals surface area contributed by atoms with E-state index < -0.39 is 0 Å². The Balaban J connectivity index is 1.32. The lowest BCUT2D eigenvalue weighted by Crippen LogP contribution is -2.32. The summed E-state index contributed by atoms with van der Waals surface area (Å²) in [6.45, 7) is 2.73. The van der Waals surface area contributed by atoms with Crippen LogP contribution < -0.4 is 0 Å². The number of oxazole rings is 1. The number of para-hydroxylation sites is 2. The van der Waals surface area contributed by atoms with E-state index in [1.165, 1.54) is 5.39 Å². The normalized spacial score (nSPS) is 16.3. The molecule has 136 valence electrons. The summed E-state index contributed by atoms with van der Waals surface area (Å²) in [6, 6.07) is 20.0. The Bertz CT molecular complexity index is 1060. The van der Waals surface area contributed by atoms with Crippen LogP contribution in [0.4, 0.5) is 0 Å². The number of fused-ring (bicyclic) bond motifs is 2. The quantitative estimate of drug-likeness (QED) is 0.556. The zero-order valence-electron chi connectivity index (χ0n) is 15.1. The van der Waals surface area contributed by atoms with E-state index in [0.29, 0.717) is 11.7 Å². The Kier molecular flexibility index (Phi) is 4.06. The largest absolute Gasteiger partial charge is 0.508 e. The lowest BCUT2D eigenvalue weighted by molar-refractivity contribution is 0.193. The van der Waals surface area contributed by atoms with Gasteiger partial charge in [0.2, 0.25) is 0 Å². The number of likely N-dealkylation sites (tertiary alicyclic amines) is 1. The van der Waals surface area contributed by atoms with Crippen molar-refractivity contribution in [1.82, 2.24) is 9.88 Å². The van der Waals surface area contributed by atoms with E-state index in [4.69, 9.17) is 4.42 Å².